The van der Waals surface area contributed by atoms with Crippen LogP contribution >= 0.6 is 0 Å². The third kappa shape index (κ3) is 2.46. The fourth-order valence-electron chi connectivity index (χ4n) is 1.88. The van der Waals surface area contributed by atoms with Crippen molar-refractivity contribution >= 4 is 0 Å². The minimum absolute atomic E-state index is 0.642. The quantitative estimate of drug-likeness (QED) is 0.694. The van der Waals surface area contributed by atoms with E-state index in [4.69, 9.17) is 5.73 Å². The lowest BCUT2D eigenvalue weighted by Crippen LogP contribution is -2.42. The van der Waals surface area contributed by atoms with Gasteiger partial charge in [-0.05, 0) is 45.3 Å². The van der Waals surface area contributed by atoms with E-state index >= 15 is 0 Å². The second-order valence-corrected chi connectivity index (χ2v) is 4.05. The summed E-state index contributed by atoms with van der Waals surface area (Å²) in [6, 6.07) is 0.676. The lowest BCUT2D eigenvalue weighted by molar-refractivity contribution is 0.137. The Kier molecular flexibility index (Phi) is 4.02. The van der Waals surface area contributed by atoms with Gasteiger partial charge in [-0.2, -0.15) is 0 Å². The van der Waals surface area contributed by atoms with Crippen LogP contribution in [0.5, 0.6) is 0 Å². The van der Waals surface area contributed by atoms with Crippen molar-refractivity contribution in [2.45, 2.75) is 39.2 Å². The highest BCUT2D eigenvalue weighted by molar-refractivity contribution is 4.75. The van der Waals surface area contributed by atoms with Crippen molar-refractivity contribution in [1.29, 1.82) is 0 Å². The van der Waals surface area contributed by atoms with Crippen molar-refractivity contribution in [2.24, 2.45) is 11.7 Å². The number of likely N-dealkylation sites (tertiary alicyclic amines) is 1. The minimum atomic E-state index is 0.642. The Balaban J connectivity index is 2.33. The number of piperidine rings is 1. The molecule has 1 aliphatic rings. The Morgan fingerprint density at radius 1 is 1.17 bits per heavy atom. The molecule has 0 aromatic carbocycles. The standard InChI is InChI=1S/C10H22N2/c1-9(8-11)10(2)12-6-4-3-5-7-12/h9-10H,3-8,11H2,1-2H3. The molecule has 1 aliphatic heterocycles. The molecule has 0 radical (unpaired) electrons. The second kappa shape index (κ2) is 4.83. The van der Waals surface area contributed by atoms with Crippen molar-refractivity contribution in [2.75, 3.05) is 19.6 Å². The third-order valence-electron chi connectivity index (χ3n) is 3.16. The van der Waals surface area contributed by atoms with E-state index in [1.165, 1.54) is 32.4 Å². The maximum atomic E-state index is 5.65. The van der Waals surface area contributed by atoms with Crippen LogP contribution in [0.15, 0.2) is 0 Å². The van der Waals surface area contributed by atoms with Crippen LogP contribution in [0.1, 0.15) is 33.1 Å². The van der Waals surface area contributed by atoms with Crippen LogP contribution in [0.2, 0.25) is 0 Å². The SMILES string of the molecule is CC(CN)C(C)N1CCCCC1. The van der Waals surface area contributed by atoms with Gasteiger partial charge in [0.05, 0.1) is 0 Å². The van der Waals surface area contributed by atoms with Crippen LogP contribution in [-0.2, 0) is 0 Å². The van der Waals surface area contributed by atoms with Crippen molar-refractivity contribution in [3.8, 4) is 0 Å². The average Bonchev–Trinajstić information content (AvgIpc) is 2.17. The summed E-state index contributed by atoms with van der Waals surface area (Å²) in [5, 5.41) is 0. The highest BCUT2D eigenvalue weighted by Gasteiger charge is 2.20. The molecule has 0 bridgehead atoms. The van der Waals surface area contributed by atoms with E-state index in [2.05, 4.69) is 18.7 Å². The molecule has 2 heteroatoms. The highest BCUT2D eigenvalue weighted by atomic mass is 15.2. The molecule has 1 fully saturated rings. The lowest BCUT2D eigenvalue weighted by Gasteiger charge is -2.35. The van der Waals surface area contributed by atoms with Gasteiger partial charge in [-0.15, -0.1) is 0 Å². The van der Waals surface area contributed by atoms with Crippen LogP contribution in [0.3, 0.4) is 0 Å². The van der Waals surface area contributed by atoms with Gasteiger partial charge in [0.2, 0.25) is 0 Å². The summed E-state index contributed by atoms with van der Waals surface area (Å²) >= 11 is 0. The number of hydrogen-bond donors (Lipinski definition) is 1. The van der Waals surface area contributed by atoms with E-state index in [-0.39, 0.29) is 0 Å². The molecule has 1 heterocycles. The van der Waals surface area contributed by atoms with Crippen molar-refractivity contribution in [1.82, 2.24) is 4.90 Å². The number of nitrogens with zero attached hydrogens (tertiary/aromatic N) is 1. The van der Waals surface area contributed by atoms with Gasteiger partial charge in [0.25, 0.3) is 0 Å². The zero-order valence-electron chi connectivity index (χ0n) is 8.42. The molecular weight excluding hydrogens is 148 g/mol. The van der Waals surface area contributed by atoms with Gasteiger partial charge in [0.15, 0.2) is 0 Å². The fourth-order valence-corrected chi connectivity index (χ4v) is 1.88. The first-order valence-corrected chi connectivity index (χ1v) is 5.20. The van der Waals surface area contributed by atoms with Crippen LogP contribution in [0.25, 0.3) is 0 Å². The first kappa shape index (κ1) is 10.0. The molecule has 72 valence electrons. The maximum Gasteiger partial charge on any atom is 0.0105 e. The number of hydrogen-bond acceptors (Lipinski definition) is 2. The first-order valence-electron chi connectivity index (χ1n) is 5.20. The largest absolute Gasteiger partial charge is 0.330 e. The van der Waals surface area contributed by atoms with E-state index in [1.54, 1.807) is 0 Å². The topological polar surface area (TPSA) is 29.3 Å². The number of rotatable bonds is 3. The Morgan fingerprint density at radius 2 is 1.75 bits per heavy atom. The summed E-state index contributed by atoms with van der Waals surface area (Å²) < 4.78 is 0. The molecular formula is C10H22N2. The van der Waals surface area contributed by atoms with Crippen LogP contribution in [-0.4, -0.2) is 30.6 Å². The van der Waals surface area contributed by atoms with Crippen LogP contribution < -0.4 is 5.73 Å². The van der Waals surface area contributed by atoms with Crippen molar-refractivity contribution < 1.29 is 0 Å². The second-order valence-electron chi connectivity index (χ2n) is 4.05. The Hall–Kier alpha value is -0.0800. The van der Waals surface area contributed by atoms with E-state index < -0.39 is 0 Å². The molecule has 0 aromatic heterocycles. The summed E-state index contributed by atoms with van der Waals surface area (Å²) in [6.45, 7) is 7.94. The monoisotopic (exact) mass is 170 g/mol. The molecule has 2 atom stereocenters. The fraction of sp³-hybridized carbons (Fsp3) is 1.00. The smallest absolute Gasteiger partial charge is 0.0105 e. The summed E-state index contributed by atoms with van der Waals surface area (Å²) in [5.74, 6) is 0.642. The molecule has 0 aliphatic carbocycles. The molecule has 2 unspecified atom stereocenters. The zero-order valence-corrected chi connectivity index (χ0v) is 8.42. The third-order valence-corrected chi connectivity index (χ3v) is 3.16. The van der Waals surface area contributed by atoms with Gasteiger partial charge >= 0.3 is 0 Å². The Bertz CT molecular complexity index is 119. The predicted octanol–water partition coefficient (Wildman–Crippen LogP) is 1.46. The Morgan fingerprint density at radius 3 is 2.25 bits per heavy atom. The predicted molar refractivity (Wildman–Crippen MR) is 53.1 cm³/mol. The summed E-state index contributed by atoms with van der Waals surface area (Å²) in [6.07, 6.45) is 4.17. The minimum Gasteiger partial charge on any atom is -0.330 e. The molecule has 0 spiro atoms. The van der Waals surface area contributed by atoms with Crippen LogP contribution in [0.4, 0.5) is 0 Å². The molecule has 12 heavy (non-hydrogen) atoms. The molecule has 0 aromatic rings. The van der Waals surface area contributed by atoms with Gasteiger partial charge in [0, 0.05) is 6.04 Å². The van der Waals surface area contributed by atoms with Gasteiger partial charge in [0.1, 0.15) is 0 Å². The summed E-state index contributed by atoms with van der Waals surface area (Å²) in [5.41, 5.74) is 5.65. The van der Waals surface area contributed by atoms with Gasteiger partial charge in [-0.1, -0.05) is 13.3 Å². The van der Waals surface area contributed by atoms with Crippen molar-refractivity contribution in [3.05, 3.63) is 0 Å². The maximum absolute atomic E-state index is 5.65. The lowest BCUT2D eigenvalue weighted by atomic mass is 9.99. The summed E-state index contributed by atoms with van der Waals surface area (Å²) in [7, 11) is 0. The van der Waals surface area contributed by atoms with Crippen molar-refractivity contribution in [3.63, 3.8) is 0 Å². The average molecular weight is 170 g/mol. The van der Waals surface area contributed by atoms with Gasteiger partial charge in [-0.3, -0.25) is 0 Å². The highest BCUT2D eigenvalue weighted by Crippen LogP contribution is 2.16. The Labute approximate surface area is 76.1 Å². The van der Waals surface area contributed by atoms with Gasteiger partial charge < -0.3 is 10.6 Å². The zero-order chi connectivity index (χ0) is 8.97. The molecule has 2 N–H and O–H groups in total. The summed E-state index contributed by atoms with van der Waals surface area (Å²) in [4.78, 5) is 2.58. The molecule has 1 saturated heterocycles. The van der Waals surface area contributed by atoms with E-state index in [0.29, 0.717) is 12.0 Å². The molecule has 0 saturated carbocycles. The van der Waals surface area contributed by atoms with E-state index in [1.807, 2.05) is 0 Å². The molecule has 0 amide bonds. The normalized spacial score (nSPS) is 25.2. The molecule has 1 rings (SSSR count). The molecule has 2 nitrogen and oxygen atoms in total. The van der Waals surface area contributed by atoms with Gasteiger partial charge in [-0.25, -0.2) is 0 Å². The first-order chi connectivity index (χ1) is 5.75. The van der Waals surface area contributed by atoms with E-state index in [0.717, 1.165) is 6.54 Å². The van der Waals surface area contributed by atoms with Crippen LogP contribution in [0, 0.1) is 5.92 Å². The van der Waals surface area contributed by atoms with E-state index in [9.17, 15) is 0 Å². The number of nitrogens with two attached hydrogens (primary N) is 1.